The molecule has 0 bridgehead atoms. The Kier molecular flexibility index (Phi) is 11.1. The van der Waals surface area contributed by atoms with E-state index >= 15 is 0 Å². The number of aldehydes is 1. The fourth-order valence-corrected chi connectivity index (χ4v) is 3.98. The quantitative estimate of drug-likeness (QED) is 0.256. The lowest BCUT2D eigenvalue weighted by Gasteiger charge is -2.18. The van der Waals surface area contributed by atoms with Crippen molar-refractivity contribution in [3.8, 4) is 0 Å². The molecule has 148 valence electrons. The molecule has 0 aromatic heterocycles. The molecule has 1 fully saturated rings. The topological polar surface area (TPSA) is 71.4 Å². The van der Waals surface area contributed by atoms with Crippen LogP contribution in [0.25, 0.3) is 0 Å². The van der Waals surface area contributed by atoms with Gasteiger partial charge >= 0.3 is 5.97 Å². The predicted molar refractivity (Wildman–Crippen MR) is 104 cm³/mol. The normalized spacial score (nSPS) is 21.5. The number of Topliss-reactive ketones (excluding diaryl/α,β-unsaturated/α-hetero) is 1. The smallest absolute Gasteiger partial charge is 0.303 e. The summed E-state index contributed by atoms with van der Waals surface area (Å²) in [5, 5.41) is 8.89. The number of allylic oxidation sites excluding steroid dienone is 2. The van der Waals surface area contributed by atoms with Crippen molar-refractivity contribution in [1.29, 1.82) is 0 Å². The minimum absolute atomic E-state index is 0.161. The van der Waals surface area contributed by atoms with Crippen molar-refractivity contribution in [2.45, 2.75) is 90.9 Å². The van der Waals surface area contributed by atoms with E-state index in [9.17, 15) is 14.4 Å². The fraction of sp³-hybridized carbons (Fsp3) is 0.773. The fourth-order valence-electron chi connectivity index (χ4n) is 3.98. The molecule has 1 N–H and O–H groups in total. The highest BCUT2D eigenvalue weighted by atomic mass is 16.4. The second kappa shape index (κ2) is 12.8. The number of ketones is 1. The van der Waals surface area contributed by atoms with Crippen LogP contribution < -0.4 is 0 Å². The first-order valence-corrected chi connectivity index (χ1v) is 10.4. The lowest BCUT2D eigenvalue weighted by Crippen LogP contribution is -2.11. The van der Waals surface area contributed by atoms with E-state index in [0.29, 0.717) is 31.0 Å². The van der Waals surface area contributed by atoms with E-state index < -0.39 is 5.97 Å². The Hall–Kier alpha value is -1.45. The number of hydrogen-bond donors (Lipinski definition) is 1. The molecule has 0 saturated heterocycles. The number of hydrogen-bond acceptors (Lipinski definition) is 3. The zero-order valence-electron chi connectivity index (χ0n) is 16.5. The van der Waals surface area contributed by atoms with Gasteiger partial charge in [-0.3, -0.25) is 9.59 Å². The molecule has 0 radical (unpaired) electrons. The maximum atomic E-state index is 12.2. The predicted octanol–water partition coefficient (Wildman–Crippen LogP) is 5.35. The maximum absolute atomic E-state index is 12.2. The van der Waals surface area contributed by atoms with Crippen molar-refractivity contribution in [2.24, 2.45) is 17.8 Å². The van der Waals surface area contributed by atoms with Crippen molar-refractivity contribution in [3.63, 3.8) is 0 Å². The zero-order valence-corrected chi connectivity index (χ0v) is 16.5. The Morgan fingerprint density at radius 3 is 2.54 bits per heavy atom. The SMILES string of the molecule is CCCCCC(=O)CC(C)/C(=C/C[C@H]1CCCC1C=O)CCCC(=O)O. The van der Waals surface area contributed by atoms with E-state index in [-0.39, 0.29) is 18.3 Å². The van der Waals surface area contributed by atoms with E-state index in [1.165, 1.54) is 5.57 Å². The van der Waals surface area contributed by atoms with Crippen molar-refractivity contribution >= 4 is 18.0 Å². The van der Waals surface area contributed by atoms with Crippen LogP contribution in [0.15, 0.2) is 11.6 Å². The number of rotatable bonds is 14. The minimum Gasteiger partial charge on any atom is -0.481 e. The summed E-state index contributed by atoms with van der Waals surface area (Å²) in [6, 6.07) is 0. The van der Waals surface area contributed by atoms with E-state index in [1.807, 2.05) is 0 Å². The first-order chi connectivity index (χ1) is 12.5. The summed E-state index contributed by atoms with van der Waals surface area (Å²) in [6.07, 6.45) is 13.2. The molecule has 1 aliphatic carbocycles. The number of carbonyl (C=O) groups is 3. The molecule has 1 rings (SSSR count). The molecule has 1 saturated carbocycles. The molecular weight excluding hydrogens is 328 g/mol. The van der Waals surface area contributed by atoms with Crippen LogP contribution in [-0.4, -0.2) is 23.1 Å². The van der Waals surface area contributed by atoms with Gasteiger partial charge in [0.25, 0.3) is 0 Å². The van der Waals surface area contributed by atoms with Crippen LogP contribution in [0.2, 0.25) is 0 Å². The van der Waals surface area contributed by atoms with Gasteiger partial charge < -0.3 is 9.90 Å². The van der Waals surface area contributed by atoms with E-state index in [2.05, 4.69) is 19.9 Å². The molecule has 26 heavy (non-hydrogen) atoms. The van der Waals surface area contributed by atoms with Crippen molar-refractivity contribution in [1.82, 2.24) is 0 Å². The van der Waals surface area contributed by atoms with E-state index in [1.54, 1.807) is 0 Å². The summed E-state index contributed by atoms with van der Waals surface area (Å²) < 4.78 is 0. The lowest BCUT2D eigenvalue weighted by molar-refractivity contribution is -0.137. The van der Waals surface area contributed by atoms with Crippen LogP contribution in [0.5, 0.6) is 0 Å². The second-order valence-corrected chi connectivity index (χ2v) is 7.85. The van der Waals surface area contributed by atoms with Crippen LogP contribution in [0.3, 0.4) is 0 Å². The van der Waals surface area contributed by atoms with Gasteiger partial charge in [0.1, 0.15) is 12.1 Å². The number of carboxylic acid groups (broad SMARTS) is 1. The monoisotopic (exact) mass is 364 g/mol. The van der Waals surface area contributed by atoms with Gasteiger partial charge in [-0.05, 0) is 50.4 Å². The van der Waals surface area contributed by atoms with Gasteiger partial charge in [0.15, 0.2) is 0 Å². The van der Waals surface area contributed by atoms with Gasteiger partial charge in [0.2, 0.25) is 0 Å². The first kappa shape index (κ1) is 22.6. The second-order valence-electron chi connectivity index (χ2n) is 7.85. The van der Waals surface area contributed by atoms with Gasteiger partial charge in [0.05, 0.1) is 0 Å². The van der Waals surface area contributed by atoms with Crippen LogP contribution in [0, 0.1) is 17.8 Å². The summed E-state index contributed by atoms with van der Waals surface area (Å²) in [7, 11) is 0. The number of carboxylic acids is 1. The van der Waals surface area contributed by atoms with Crippen molar-refractivity contribution in [2.75, 3.05) is 0 Å². The van der Waals surface area contributed by atoms with Gasteiger partial charge in [-0.1, -0.05) is 44.8 Å². The number of carbonyl (C=O) groups excluding carboxylic acids is 2. The molecule has 0 aromatic rings. The molecule has 4 heteroatoms. The highest BCUT2D eigenvalue weighted by molar-refractivity contribution is 5.78. The molecule has 0 heterocycles. The van der Waals surface area contributed by atoms with Crippen LogP contribution in [-0.2, 0) is 14.4 Å². The summed E-state index contributed by atoms with van der Waals surface area (Å²) in [5.74, 6) is 0.270. The van der Waals surface area contributed by atoms with Gasteiger partial charge in [-0.15, -0.1) is 0 Å². The van der Waals surface area contributed by atoms with E-state index in [4.69, 9.17) is 5.11 Å². The molecule has 0 aliphatic heterocycles. The average molecular weight is 365 g/mol. The number of unbranched alkanes of at least 4 members (excludes halogenated alkanes) is 2. The van der Waals surface area contributed by atoms with Crippen LogP contribution in [0.1, 0.15) is 90.9 Å². The maximum Gasteiger partial charge on any atom is 0.303 e. The first-order valence-electron chi connectivity index (χ1n) is 10.4. The molecular formula is C22H36O4. The third-order valence-electron chi connectivity index (χ3n) is 5.66. The highest BCUT2D eigenvalue weighted by Crippen LogP contribution is 2.34. The standard InChI is InChI=1S/C22H36O4/c1-3-4-5-11-21(24)15-17(2)18(8-7-12-22(25)26)13-14-19-9-6-10-20(19)16-23/h13,16-17,19-20H,3-12,14-15H2,1-2H3,(H,25,26)/b18-13+/t17?,19-,20?/m1/s1. The van der Waals surface area contributed by atoms with Crippen molar-refractivity contribution < 1.29 is 19.5 Å². The molecule has 1 aliphatic rings. The highest BCUT2D eigenvalue weighted by Gasteiger charge is 2.26. The molecule has 4 nitrogen and oxygen atoms in total. The summed E-state index contributed by atoms with van der Waals surface area (Å²) in [4.78, 5) is 34.2. The van der Waals surface area contributed by atoms with Gasteiger partial charge in [-0.25, -0.2) is 0 Å². The Morgan fingerprint density at radius 1 is 1.12 bits per heavy atom. The lowest BCUT2D eigenvalue weighted by atomic mass is 9.87. The molecule has 0 aromatic carbocycles. The van der Waals surface area contributed by atoms with Gasteiger partial charge in [-0.2, -0.15) is 0 Å². The van der Waals surface area contributed by atoms with E-state index in [0.717, 1.165) is 57.7 Å². The summed E-state index contributed by atoms with van der Waals surface area (Å²) in [5.41, 5.74) is 1.20. The minimum atomic E-state index is -0.774. The van der Waals surface area contributed by atoms with Crippen LogP contribution >= 0.6 is 0 Å². The molecule has 0 amide bonds. The average Bonchev–Trinajstić information content (AvgIpc) is 3.05. The Labute approximate surface area is 158 Å². The summed E-state index contributed by atoms with van der Waals surface area (Å²) >= 11 is 0. The number of aliphatic carboxylic acids is 1. The largest absolute Gasteiger partial charge is 0.481 e. The van der Waals surface area contributed by atoms with Gasteiger partial charge in [0, 0.05) is 25.2 Å². The Morgan fingerprint density at radius 2 is 1.88 bits per heavy atom. The molecule has 3 atom stereocenters. The zero-order chi connectivity index (χ0) is 19.4. The Balaban J connectivity index is 2.63. The van der Waals surface area contributed by atoms with Crippen molar-refractivity contribution in [3.05, 3.63) is 11.6 Å². The molecule has 2 unspecified atom stereocenters. The third kappa shape index (κ3) is 8.77. The third-order valence-corrected chi connectivity index (χ3v) is 5.66. The Bertz CT molecular complexity index is 481. The summed E-state index contributed by atoms with van der Waals surface area (Å²) in [6.45, 7) is 4.21. The van der Waals surface area contributed by atoms with Crippen LogP contribution in [0.4, 0.5) is 0 Å². The molecule has 0 spiro atoms.